The number of aromatic nitrogens is 2. The van der Waals surface area contributed by atoms with E-state index in [1.54, 1.807) is 12.1 Å². The molecule has 30 heavy (non-hydrogen) atoms. The highest BCUT2D eigenvalue weighted by atomic mass is 35.5. The summed E-state index contributed by atoms with van der Waals surface area (Å²) < 4.78 is 11.0. The Morgan fingerprint density at radius 1 is 1.13 bits per heavy atom. The number of nitrogens with zero attached hydrogens (tertiary/aromatic N) is 2. The molecule has 1 aromatic heterocycles. The summed E-state index contributed by atoms with van der Waals surface area (Å²) in [6.45, 7) is 0.940. The fourth-order valence-corrected chi connectivity index (χ4v) is 3.68. The summed E-state index contributed by atoms with van der Waals surface area (Å²) in [5, 5.41) is 7.52. The van der Waals surface area contributed by atoms with Crippen LogP contribution in [-0.2, 0) is 24.1 Å². The number of ether oxygens (including phenoxy) is 1. The molecule has 1 aliphatic carbocycles. The Bertz CT molecular complexity index is 1000. The summed E-state index contributed by atoms with van der Waals surface area (Å²) in [7, 11) is 0. The number of hydrogen-bond acceptors (Lipinski definition) is 5. The third kappa shape index (κ3) is 5.39. The molecule has 2 aromatic carbocycles. The van der Waals surface area contributed by atoms with E-state index in [9.17, 15) is 4.79 Å². The Morgan fingerprint density at radius 2 is 1.97 bits per heavy atom. The fourth-order valence-electron chi connectivity index (χ4n) is 3.56. The molecule has 0 saturated carbocycles. The molecule has 1 N–H and O–H groups in total. The maximum atomic E-state index is 12.0. The second-order valence-corrected chi connectivity index (χ2v) is 7.79. The molecule has 0 bridgehead atoms. The van der Waals surface area contributed by atoms with Crippen molar-refractivity contribution < 1.29 is 14.1 Å². The van der Waals surface area contributed by atoms with Gasteiger partial charge in [-0.3, -0.25) is 4.79 Å². The average molecular weight is 426 g/mol. The van der Waals surface area contributed by atoms with Gasteiger partial charge < -0.3 is 14.6 Å². The van der Waals surface area contributed by atoms with Gasteiger partial charge in [-0.1, -0.05) is 22.8 Å². The lowest BCUT2D eigenvalue weighted by atomic mass is 10.1. The number of benzene rings is 2. The molecule has 0 radical (unpaired) electrons. The van der Waals surface area contributed by atoms with Gasteiger partial charge in [0.15, 0.2) is 0 Å². The quantitative estimate of drug-likeness (QED) is 0.514. The summed E-state index contributed by atoms with van der Waals surface area (Å²) >= 11 is 5.89. The summed E-state index contributed by atoms with van der Waals surface area (Å²) in [6.07, 6.45) is 5.11. The zero-order valence-corrected chi connectivity index (χ0v) is 17.5. The molecule has 3 aromatic rings. The predicted molar refractivity (Wildman–Crippen MR) is 115 cm³/mol. The number of amides is 1. The van der Waals surface area contributed by atoms with Crippen molar-refractivity contribution in [2.75, 3.05) is 13.2 Å². The van der Waals surface area contributed by atoms with Crippen molar-refractivity contribution in [2.24, 2.45) is 0 Å². The van der Waals surface area contributed by atoms with Crippen LogP contribution in [0.25, 0.3) is 11.4 Å². The molecule has 0 atom stereocenters. The Hall–Kier alpha value is -2.86. The Kier molecular flexibility index (Phi) is 6.64. The number of nitrogens with one attached hydrogen (secondary N) is 1. The number of carbonyl (C=O) groups is 1. The summed E-state index contributed by atoms with van der Waals surface area (Å²) in [4.78, 5) is 16.4. The number of rotatable bonds is 9. The van der Waals surface area contributed by atoms with Crippen molar-refractivity contribution >= 4 is 17.5 Å². The molecule has 7 heteroatoms. The van der Waals surface area contributed by atoms with E-state index in [0.29, 0.717) is 49.2 Å². The summed E-state index contributed by atoms with van der Waals surface area (Å²) in [6, 6.07) is 13.5. The Labute approximate surface area is 180 Å². The minimum absolute atomic E-state index is 0.00927. The monoisotopic (exact) mass is 425 g/mol. The van der Waals surface area contributed by atoms with Gasteiger partial charge in [0, 0.05) is 23.4 Å². The number of fused-ring (bicyclic) bond motifs is 1. The molecular formula is C23H24ClN3O3. The zero-order valence-electron chi connectivity index (χ0n) is 16.7. The van der Waals surface area contributed by atoms with E-state index in [-0.39, 0.29) is 5.91 Å². The molecule has 0 unspecified atom stereocenters. The largest absolute Gasteiger partial charge is 0.492 e. The smallest absolute Gasteiger partial charge is 0.226 e. The van der Waals surface area contributed by atoms with Crippen LogP contribution in [0.4, 0.5) is 0 Å². The lowest BCUT2D eigenvalue weighted by Crippen LogP contribution is -2.27. The summed E-state index contributed by atoms with van der Waals surface area (Å²) in [5.41, 5.74) is 3.66. The van der Waals surface area contributed by atoms with Crippen molar-refractivity contribution in [3.05, 3.63) is 64.5 Å². The minimum atomic E-state index is -0.00927. The molecule has 156 valence electrons. The van der Waals surface area contributed by atoms with Crippen molar-refractivity contribution in [3.63, 3.8) is 0 Å². The highest BCUT2D eigenvalue weighted by Gasteiger charge is 2.12. The molecule has 1 amide bonds. The molecule has 1 aliphatic rings. The fraction of sp³-hybridized carbons (Fsp3) is 0.348. The van der Waals surface area contributed by atoms with E-state index < -0.39 is 0 Å². The number of carbonyl (C=O) groups excluding carboxylic acids is 1. The van der Waals surface area contributed by atoms with Gasteiger partial charge in [0.2, 0.25) is 17.6 Å². The van der Waals surface area contributed by atoms with E-state index in [1.165, 1.54) is 17.5 Å². The van der Waals surface area contributed by atoms with E-state index in [1.807, 2.05) is 18.2 Å². The first-order valence-corrected chi connectivity index (χ1v) is 10.6. The average Bonchev–Trinajstić information content (AvgIpc) is 3.41. The molecule has 0 saturated heterocycles. The topological polar surface area (TPSA) is 77.2 Å². The minimum Gasteiger partial charge on any atom is -0.492 e. The van der Waals surface area contributed by atoms with Crippen LogP contribution in [-0.4, -0.2) is 29.2 Å². The molecule has 0 spiro atoms. The van der Waals surface area contributed by atoms with Crippen molar-refractivity contribution in [3.8, 4) is 17.1 Å². The van der Waals surface area contributed by atoms with Crippen molar-refractivity contribution in [1.29, 1.82) is 0 Å². The number of aryl methyl sites for hydroxylation is 3. The second kappa shape index (κ2) is 9.76. The predicted octanol–water partition coefficient (Wildman–Crippen LogP) is 4.40. The van der Waals surface area contributed by atoms with Crippen LogP contribution in [0.3, 0.4) is 0 Å². The first kappa shape index (κ1) is 20.4. The third-order valence-electron chi connectivity index (χ3n) is 5.13. The van der Waals surface area contributed by atoms with E-state index >= 15 is 0 Å². The standard InChI is InChI=1S/C23H24ClN3O3/c24-19-10-7-17(8-11-19)23-26-22(30-27-23)6-2-5-21(28)25-13-14-29-20-12-9-16-3-1-4-18(16)15-20/h7-12,15H,1-6,13-14H2,(H,25,28). The summed E-state index contributed by atoms with van der Waals surface area (Å²) in [5.74, 6) is 1.91. The van der Waals surface area contributed by atoms with Crippen LogP contribution in [0.2, 0.25) is 5.02 Å². The van der Waals surface area contributed by atoms with E-state index in [4.69, 9.17) is 20.9 Å². The van der Waals surface area contributed by atoms with Crippen LogP contribution in [0, 0.1) is 0 Å². The van der Waals surface area contributed by atoms with E-state index in [2.05, 4.69) is 27.6 Å². The van der Waals surface area contributed by atoms with Gasteiger partial charge in [-0.2, -0.15) is 4.98 Å². The second-order valence-electron chi connectivity index (χ2n) is 7.35. The van der Waals surface area contributed by atoms with Gasteiger partial charge in [0.1, 0.15) is 12.4 Å². The van der Waals surface area contributed by atoms with Crippen LogP contribution in [0.5, 0.6) is 5.75 Å². The Balaban J connectivity index is 1.13. The molecule has 4 rings (SSSR count). The molecule has 0 aliphatic heterocycles. The van der Waals surface area contributed by atoms with Gasteiger partial charge in [0.05, 0.1) is 6.54 Å². The maximum Gasteiger partial charge on any atom is 0.226 e. The van der Waals surface area contributed by atoms with Crippen molar-refractivity contribution in [1.82, 2.24) is 15.5 Å². The van der Waals surface area contributed by atoms with Crippen LogP contribution < -0.4 is 10.1 Å². The first-order chi connectivity index (χ1) is 14.7. The zero-order chi connectivity index (χ0) is 20.8. The SMILES string of the molecule is O=C(CCCc1nc(-c2ccc(Cl)cc2)no1)NCCOc1ccc2c(c1)CCC2. The normalized spacial score (nSPS) is 12.6. The third-order valence-corrected chi connectivity index (χ3v) is 5.38. The highest BCUT2D eigenvalue weighted by molar-refractivity contribution is 6.30. The van der Waals surface area contributed by atoms with Crippen molar-refractivity contribution in [2.45, 2.75) is 38.5 Å². The van der Waals surface area contributed by atoms with Crippen LogP contribution in [0.15, 0.2) is 47.0 Å². The maximum absolute atomic E-state index is 12.0. The lowest BCUT2D eigenvalue weighted by molar-refractivity contribution is -0.121. The molecule has 6 nitrogen and oxygen atoms in total. The van der Waals surface area contributed by atoms with Gasteiger partial charge in [-0.15, -0.1) is 0 Å². The molecule has 0 fully saturated rings. The first-order valence-electron chi connectivity index (χ1n) is 10.3. The molecule has 1 heterocycles. The van der Waals surface area contributed by atoms with Crippen LogP contribution >= 0.6 is 11.6 Å². The van der Waals surface area contributed by atoms with Gasteiger partial charge >= 0.3 is 0 Å². The molecular weight excluding hydrogens is 402 g/mol. The number of hydrogen-bond donors (Lipinski definition) is 1. The van der Waals surface area contributed by atoms with Gasteiger partial charge in [0.25, 0.3) is 0 Å². The van der Waals surface area contributed by atoms with Gasteiger partial charge in [-0.05, 0) is 73.2 Å². The lowest BCUT2D eigenvalue weighted by Gasteiger charge is -2.09. The highest BCUT2D eigenvalue weighted by Crippen LogP contribution is 2.26. The van der Waals surface area contributed by atoms with E-state index in [0.717, 1.165) is 24.2 Å². The van der Waals surface area contributed by atoms with Crippen LogP contribution in [0.1, 0.15) is 36.3 Å². The Morgan fingerprint density at radius 3 is 2.83 bits per heavy atom. The number of halogens is 1. The van der Waals surface area contributed by atoms with Gasteiger partial charge in [-0.25, -0.2) is 0 Å².